The molecule has 1 aliphatic rings. The lowest BCUT2D eigenvalue weighted by Crippen LogP contribution is -1.74. The fourth-order valence-electron chi connectivity index (χ4n) is 1.58. The highest BCUT2D eigenvalue weighted by molar-refractivity contribution is 5.84. The highest BCUT2D eigenvalue weighted by Crippen LogP contribution is 2.45. The van der Waals surface area contributed by atoms with Gasteiger partial charge in [-0.05, 0) is 18.1 Å². The number of hydrogen-bond acceptors (Lipinski definition) is 0. The fraction of sp³-hybridized carbons (Fsp3) is 0.273. The van der Waals surface area contributed by atoms with Crippen LogP contribution in [0.4, 0.5) is 0 Å². The molecule has 2 rings (SSSR count). The van der Waals surface area contributed by atoms with Crippen molar-refractivity contribution in [2.24, 2.45) is 5.92 Å². The minimum Gasteiger partial charge on any atom is -0.0622 e. The molecule has 0 radical (unpaired) electrons. The first-order valence-corrected chi connectivity index (χ1v) is 4.07. The summed E-state index contributed by atoms with van der Waals surface area (Å²) >= 11 is 0. The second kappa shape index (κ2) is 2.23. The van der Waals surface area contributed by atoms with E-state index < -0.39 is 0 Å². The molecule has 56 valence electrons. The summed E-state index contributed by atoms with van der Waals surface area (Å²) in [6, 6.07) is 10.6. The third kappa shape index (κ3) is 0.988. The van der Waals surface area contributed by atoms with E-state index in [0.29, 0.717) is 0 Å². The Bertz CT molecular complexity index is 293. The van der Waals surface area contributed by atoms with Gasteiger partial charge in [0.05, 0.1) is 0 Å². The second-order valence-electron chi connectivity index (χ2n) is 3.18. The molecule has 0 saturated carbocycles. The number of rotatable bonds is 1. The van der Waals surface area contributed by atoms with Gasteiger partial charge >= 0.3 is 0 Å². The molecule has 1 aliphatic carbocycles. The number of hydrogen-bond donors (Lipinski definition) is 0. The van der Waals surface area contributed by atoms with Crippen LogP contribution in [-0.4, -0.2) is 0 Å². The van der Waals surface area contributed by atoms with E-state index in [0.717, 1.165) is 5.92 Å². The van der Waals surface area contributed by atoms with E-state index in [2.05, 4.69) is 44.2 Å². The van der Waals surface area contributed by atoms with Crippen molar-refractivity contribution in [1.29, 1.82) is 0 Å². The van der Waals surface area contributed by atoms with Crippen molar-refractivity contribution in [2.45, 2.75) is 13.8 Å². The average Bonchev–Trinajstić information content (AvgIpc) is 2.62. The van der Waals surface area contributed by atoms with Crippen molar-refractivity contribution in [3.63, 3.8) is 0 Å². The Morgan fingerprint density at radius 1 is 1.09 bits per heavy atom. The van der Waals surface area contributed by atoms with E-state index in [9.17, 15) is 0 Å². The molecular formula is C11H12. The average molecular weight is 144 g/mol. The van der Waals surface area contributed by atoms with Gasteiger partial charge < -0.3 is 0 Å². The maximum atomic E-state index is 2.26. The molecular weight excluding hydrogens is 132 g/mol. The topological polar surface area (TPSA) is 0 Å². The van der Waals surface area contributed by atoms with Gasteiger partial charge in [0.2, 0.25) is 0 Å². The molecule has 1 atom stereocenters. The Kier molecular flexibility index (Phi) is 1.35. The van der Waals surface area contributed by atoms with E-state index in [1.165, 1.54) is 5.56 Å². The molecule has 0 bridgehead atoms. The molecule has 0 nitrogen and oxygen atoms in total. The maximum absolute atomic E-state index is 2.26. The Morgan fingerprint density at radius 2 is 1.64 bits per heavy atom. The van der Waals surface area contributed by atoms with Gasteiger partial charge in [-0.1, -0.05) is 42.8 Å². The molecule has 0 aliphatic heterocycles. The van der Waals surface area contributed by atoms with Crippen molar-refractivity contribution < 1.29 is 0 Å². The fourth-order valence-corrected chi connectivity index (χ4v) is 1.58. The standard InChI is InChI=1S/C11H12/c1-8-9(2)11(8)10-6-4-3-5-7-10/h3-8H,1-2H3. The van der Waals surface area contributed by atoms with Gasteiger partial charge in [0.25, 0.3) is 0 Å². The summed E-state index contributed by atoms with van der Waals surface area (Å²) in [6.45, 7) is 4.48. The highest BCUT2D eigenvalue weighted by Gasteiger charge is 2.28. The van der Waals surface area contributed by atoms with Gasteiger partial charge in [0.1, 0.15) is 0 Å². The molecule has 0 aromatic heterocycles. The molecule has 1 unspecified atom stereocenters. The normalized spacial score (nSPS) is 22.2. The van der Waals surface area contributed by atoms with E-state index in [4.69, 9.17) is 0 Å². The molecule has 0 amide bonds. The van der Waals surface area contributed by atoms with Gasteiger partial charge in [-0.3, -0.25) is 0 Å². The van der Waals surface area contributed by atoms with Crippen LogP contribution < -0.4 is 0 Å². The maximum Gasteiger partial charge on any atom is 0.00289 e. The number of benzene rings is 1. The zero-order valence-corrected chi connectivity index (χ0v) is 6.96. The summed E-state index contributed by atoms with van der Waals surface area (Å²) in [7, 11) is 0. The van der Waals surface area contributed by atoms with Crippen molar-refractivity contribution in [3.8, 4) is 0 Å². The van der Waals surface area contributed by atoms with Gasteiger partial charge in [-0.25, -0.2) is 0 Å². The Balaban J connectivity index is 2.34. The van der Waals surface area contributed by atoms with E-state index in [1.807, 2.05) is 0 Å². The van der Waals surface area contributed by atoms with Crippen LogP contribution in [-0.2, 0) is 0 Å². The van der Waals surface area contributed by atoms with Crippen LogP contribution in [0.3, 0.4) is 0 Å². The first-order valence-electron chi connectivity index (χ1n) is 4.07. The molecule has 1 aromatic carbocycles. The molecule has 0 heterocycles. The summed E-state index contributed by atoms with van der Waals surface area (Å²) in [4.78, 5) is 0. The van der Waals surface area contributed by atoms with Gasteiger partial charge in [0.15, 0.2) is 0 Å². The highest BCUT2D eigenvalue weighted by atomic mass is 14.3. The Hall–Kier alpha value is -1.04. The van der Waals surface area contributed by atoms with Gasteiger partial charge in [-0.15, -0.1) is 0 Å². The molecule has 0 heteroatoms. The van der Waals surface area contributed by atoms with Crippen LogP contribution in [0.1, 0.15) is 19.4 Å². The predicted octanol–water partition coefficient (Wildman–Crippen LogP) is 3.11. The third-order valence-corrected chi connectivity index (χ3v) is 2.51. The summed E-state index contributed by atoms with van der Waals surface area (Å²) in [5, 5.41) is 0. The minimum atomic E-state index is 0.734. The minimum absolute atomic E-state index is 0.734. The third-order valence-electron chi connectivity index (χ3n) is 2.51. The van der Waals surface area contributed by atoms with E-state index in [-0.39, 0.29) is 0 Å². The first-order chi connectivity index (χ1) is 5.30. The molecule has 0 fully saturated rings. The monoisotopic (exact) mass is 144 g/mol. The van der Waals surface area contributed by atoms with Crippen molar-refractivity contribution >= 4 is 5.57 Å². The largest absolute Gasteiger partial charge is 0.0622 e. The lowest BCUT2D eigenvalue weighted by Gasteiger charge is -1.92. The zero-order valence-electron chi connectivity index (χ0n) is 6.96. The van der Waals surface area contributed by atoms with Gasteiger partial charge in [0, 0.05) is 5.92 Å². The van der Waals surface area contributed by atoms with Crippen LogP contribution in [0.2, 0.25) is 0 Å². The lowest BCUT2D eigenvalue weighted by atomic mass is 10.1. The summed E-state index contributed by atoms with van der Waals surface area (Å²) in [5.41, 5.74) is 4.50. The van der Waals surface area contributed by atoms with E-state index in [1.54, 1.807) is 11.1 Å². The summed E-state index contributed by atoms with van der Waals surface area (Å²) in [6.07, 6.45) is 0. The summed E-state index contributed by atoms with van der Waals surface area (Å²) in [5.74, 6) is 0.734. The van der Waals surface area contributed by atoms with Crippen molar-refractivity contribution in [1.82, 2.24) is 0 Å². The number of allylic oxidation sites excluding steroid dienone is 2. The molecule has 0 saturated heterocycles. The quantitative estimate of drug-likeness (QED) is 0.568. The Labute approximate surface area is 67.6 Å². The first kappa shape index (κ1) is 6.66. The van der Waals surface area contributed by atoms with Crippen LogP contribution in [0, 0.1) is 5.92 Å². The van der Waals surface area contributed by atoms with Gasteiger partial charge in [-0.2, -0.15) is 0 Å². The van der Waals surface area contributed by atoms with Crippen LogP contribution >= 0.6 is 0 Å². The van der Waals surface area contributed by atoms with Crippen LogP contribution in [0.15, 0.2) is 35.9 Å². The van der Waals surface area contributed by atoms with Crippen LogP contribution in [0.5, 0.6) is 0 Å². The van der Waals surface area contributed by atoms with E-state index >= 15 is 0 Å². The smallest absolute Gasteiger partial charge is 0.00289 e. The lowest BCUT2D eigenvalue weighted by molar-refractivity contribution is 1.04. The zero-order chi connectivity index (χ0) is 7.84. The van der Waals surface area contributed by atoms with Crippen molar-refractivity contribution in [2.75, 3.05) is 0 Å². The molecule has 0 N–H and O–H groups in total. The molecule has 0 spiro atoms. The second-order valence-corrected chi connectivity index (χ2v) is 3.18. The summed E-state index contributed by atoms with van der Waals surface area (Å²) < 4.78 is 0. The SMILES string of the molecule is CC1=C(c2ccccc2)C1C. The molecule has 1 aromatic rings. The van der Waals surface area contributed by atoms with Crippen LogP contribution in [0.25, 0.3) is 5.57 Å². The van der Waals surface area contributed by atoms with Crippen molar-refractivity contribution in [3.05, 3.63) is 41.5 Å². The predicted molar refractivity (Wildman–Crippen MR) is 48.2 cm³/mol. The molecule has 11 heavy (non-hydrogen) atoms. The Morgan fingerprint density at radius 3 is 2.09 bits per heavy atom.